The van der Waals surface area contributed by atoms with E-state index in [4.69, 9.17) is 0 Å². The van der Waals surface area contributed by atoms with Gasteiger partial charge in [0, 0.05) is 12.5 Å². The fourth-order valence-electron chi connectivity index (χ4n) is 3.80. The quantitative estimate of drug-likeness (QED) is 0.761. The van der Waals surface area contributed by atoms with Crippen molar-refractivity contribution in [3.8, 4) is 6.07 Å². The summed E-state index contributed by atoms with van der Waals surface area (Å²) in [4.78, 5) is 17.2. The van der Waals surface area contributed by atoms with E-state index in [1.54, 1.807) is 30.5 Å². The molecule has 1 heterocycles. The average Bonchev–Trinajstić information content (AvgIpc) is 3.19. The highest BCUT2D eigenvalue weighted by Crippen LogP contribution is 2.35. The summed E-state index contributed by atoms with van der Waals surface area (Å²) in [6, 6.07) is 11.9. The Balaban J connectivity index is 0.00000300. The largest absolute Gasteiger partial charge is 0.310 e. The molecule has 1 aliphatic rings. The molecule has 154 valence electrons. The Labute approximate surface area is 172 Å². The molecule has 0 aliphatic heterocycles. The van der Waals surface area contributed by atoms with Crippen LogP contribution >= 0.6 is 0 Å². The van der Waals surface area contributed by atoms with Gasteiger partial charge < -0.3 is 5.32 Å². The van der Waals surface area contributed by atoms with Crippen molar-refractivity contribution < 1.29 is 13.2 Å². The van der Waals surface area contributed by atoms with Crippen LogP contribution < -0.4 is 5.32 Å². The number of pyridine rings is 1. The van der Waals surface area contributed by atoms with Gasteiger partial charge in [0.1, 0.15) is 11.9 Å². The number of hydrogen-bond donors (Lipinski definition) is 1. The summed E-state index contributed by atoms with van der Waals surface area (Å²) in [5, 5.41) is 12.3. The highest BCUT2D eigenvalue weighted by molar-refractivity contribution is 7.90. The number of hydrogen-bond acceptors (Lipinski definition) is 5. The van der Waals surface area contributed by atoms with Gasteiger partial charge in [0.25, 0.3) is 0 Å². The number of nitrogens with one attached hydrogen (secondary N) is 1. The van der Waals surface area contributed by atoms with Gasteiger partial charge in [-0.1, -0.05) is 45.2 Å². The lowest BCUT2D eigenvalue weighted by Crippen LogP contribution is -2.24. The number of carbonyl (C=O) groups excluding carboxylic acids is 1. The summed E-state index contributed by atoms with van der Waals surface area (Å²) in [6.07, 6.45) is 7.84. The van der Waals surface area contributed by atoms with Crippen LogP contribution in [-0.4, -0.2) is 25.6 Å². The minimum atomic E-state index is -3.51. The van der Waals surface area contributed by atoms with Crippen LogP contribution in [0, 0.1) is 17.2 Å². The van der Waals surface area contributed by atoms with Crippen molar-refractivity contribution in [1.82, 2.24) is 4.98 Å². The molecule has 1 aromatic heterocycles. The van der Waals surface area contributed by atoms with Crippen LogP contribution in [0.15, 0.2) is 47.5 Å². The van der Waals surface area contributed by atoms with Crippen LogP contribution in [0.25, 0.3) is 0 Å². The molecular formula is C22H27N3O3S. The molecule has 1 saturated carbocycles. The van der Waals surface area contributed by atoms with Crippen molar-refractivity contribution in [2.24, 2.45) is 5.92 Å². The number of rotatable bonds is 6. The fourth-order valence-corrected chi connectivity index (χ4v) is 4.62. The maximum absolute atomic E-state index is 13.0. The minimum Gasteiger partial charge on any atom is -0.310 e. The molecule has 1 aromatic carbocycles. The van der Waals surface area contributed by atoms with Crippen LogP contribution in [0.1, 0.15) is 56.6 Å². The Morgan fingerprint density at radius 3 is 2.59 bits per heavy atom. The molecule has 3 rings (SSSR count). The highest BCUT2D eigenvalue weighted by Gasteiger charge is 2.28. The summed E-state index contributed by atoms with van der Waals surface area (Å²) >= 11 is 0. The molecule has 29 heavy (non-hydrogen) atoms. The number of nitrogens with zero attached hydrogens (tertiary/aromatic N) is 2. The zero-order chi connectivity index (χ0) is 20.1. The van der Waals surface area contributed by atoms with Gasteiger partial charge in [-0.05, 0) is 42.2 Å². The number of benzene rings is 1. The third-order valence-corrected chi connectivity index (χ3v) is 6.36. The van der Waals surface area contributed by atoms with E-state index >= 15 is 0 Å². The van der Waals surface area contributed by atoms with E-state index in [0.29, 0.717) is 23.7 Å². The zero-order valence-electron chi connectivity index (χ0n) is 15.8. The van der Waals surface area contributed by atoms with Crippen LogP contribution in [0.5, 0.6) is 0 Å². The van der Waals surface area contributed by atoms with Gasteiger partial charge in [-0.15, -0.1) is 0 Å². The first-order chi connectivity index (χ1) is 13.4. The number of nitriles is 1. The van der Waals surface area contributed by atoms with Crippen molar-refractivity contribution in [3.05, 3.63) is 53.7 Å². The van der Waals surface area contributed by atoms with Crippen LogP contribution in [0.2, 0.25) is 0 Å². The van der Waals surface area contributed by atoms with Gasteiger partial charge in [0.2, 0.25) is 5.91 Å². The van der Waals surface area contributed by atoms with Gasteiger partial charge in [0.15, 0.2) is 9.84 Å². The summed E-state index contributed by atoms with van der Waals surface area (Å²) in [5.41, 5.74) is 0.728. The molecule has 1 aliphatic carbocycles. The average molecular weight is 414 g/mol. The van der Waals surface area contributed by atoms with Crippen molar-refractivity contribution in [1.29, 1.82) is 5.26 Å². The van der Waals surface area contributed by atoms with Gasteiger partial charge in [-0.2, -0.15) is 5.26 Å². The summed E-state index contributed by atoms with van der Waals surface area (Å²) in [5.74, 6) is 0.254. The van der Waals surface area contributed by atoms with E-state index in [1.807, 2.05) is 6.07 Å². The van der Waals surface area contributed by atoms with Crippen molar-refractivity contribution in [3.63, 3.8) is 0 Å². The zero-order valence-corrected chi connectivity index (χ0v) is 16.6. The molecule has 0 bridgehead atoms. The number of amides is 1. The molecule has 1 unspecified atom stereocenters. The Morgan fingerprint density at radius 2 is 2.00 bits per heavy atom. The van der Waals surface area contributed by atoms with Gasteiger partial charge in [0.05, 0.1) is 16.4 Å². The molecular weight excluding hydrogens is 386 g/mol. The van der Waals surface area contributed by atoms with Gasteiger partial charge in [-0.3, -0.25) is 4.79 Å². The Morgan fingerprint density at radius 1 is 1.28 bits per heavy atom. The molecule has 7 heteroatoms. The lowest BCUT2D eigenvalue weighted by atomic mass is 9.86. The van der Waals surface area contributed by atoms with E-state index in [1.165, 1.54) is 12.1 Å². The van der Waals surface area contributed by atoms with E-state index in [9.17, 15) is 18.5 Å². The lowest BCUT2D eigenvalue weighted by Gasteiger charge is -2.21. The van der Waals surface area contributed by atoms with Crippen molar-refractivity contribution in [2.75, 3.05) is 11.6 Å². The SMILES string of the molecule is C.CS(=O)(=O)c1ccc(C(CC2CCCC2)C(=O)Nc2ccccn2)cc1C#N. The molecule has 1 fully saturated rings. The first-order valence-electron chi connectivity index (χ1n) is 9.34. The number of carbonyl (C=O) groups is 1. The van der Waals surface area contributed by atoms with Crippen LogP contribution in [0.4, 0.5) is 5.82 Å². The third kappa shape index (κ3) is 5.64. The second-order valence-electron chi connectivity index (χ2n) is 7.28. The van der Waals surface area contributed by atoms with E-state index in [2.05, 4.69) is 10.3 Å². The number of anilines is 1. The maximum atomic E-state index is 13.0. The summed E-state index contributed by atoms with van der Waals surface area (Å²) in [6.45, 7) is 0. The molecule has 6 nitrogen and oxygen atoms in total. The second-order valence-corrected chi connectivity index (χ2v) is 9.27. The Bertz CT molecular complexity index is 992. The molecule has 0 spiro atoms. The Kier molecular flexibility index (Phi) is 7.52. The predicted molar refractivity (Wildman–Crippen MR) is 113 cm³/mol. The number of aromatic nitrogens is 1. The molecule has 2 aromatic rings. The van der Waals surface area contributed by atoms with E-state index in [-0.39, 0.29) is 23.8 Å². The molecule has 1 N–H and O–H groups in total. The molecule has 1 amide bonds. The van der Waals surface area contributed by atoms with Crippen LogP contribution in [-0.2, 0) is 14.6 Å². The molecule has 1 atom stereocenters. The topological polar surface area (TPSA) is 99.9 Å². The predicted octanol–water partition coefficient (Wildman–Crippen LogP) is 4.30. The Hall–Kier alpha value is -2.72. The molecule has 0 saturated heterocycles. The van der Waals surface area contributed by atoms with Gasteiger partial charge in [-0.25, -0.2) is 13.4 Å². The standard InChI is InChI=1S/C21H23N3O3S.CH4/c1-28(26,27)19-10-9-16(13-17(19)14-22)18(12-15-6-2-3-7-15)21(25)24-20-8-4-5-11-23-20;/h4-5,8-11,13,15,18H,2-3,6-7,12H2,1H3,(H,23,24,25);1H4. The molecule has 0 radical (unpaired) electrons. The van der Waals surface area contributed by atoms with Crippen molar-refractivity contribution in [2.45, 2.75) is 50.3 Å². The number of sulfone groups is 1. The summed E-state index contributed by atoms with van der Waals surface area (Å²) in [7, 11) is -3.51. The second kappa shape index (κ2) is 9.66. The first kappa shape index (κ1) is 22.6. The maximum Gasteiger partial charge on any atom is 0.233 e. The third-order valence-electron chi connectivity index (χ3n) is 5.20. The van der Waals surface area contributed by atoms with Crippen molar-refractivity contribution >= 4 is 21.6 Å². The first-order valence-corrected chi connectivity index (χ1v) is 11.2. The normalized spacial score (nSPS) is 15.2. The lowest BCUT2D eigenvalue weighted by molar-refractivity contribution is -0.118. The fraction of sp³-hybridized carbons (Fsp3) is 0.409. The highest BCUT2D eigenvalue weighted by atomic mass is 32.2. The van der Waals surface area contributed by atoms with E-state index in [0.717, 1.165) is 31.9 Å². The summed E-state index contributed by atoms with van der Waals surface area (Å²) < 4.78 is 23.8. The van der Waals surface area contributed by atoms with Crippen LogP contribution in [0.3, 0.4) is 0 Å². The smallest absolute Gasteiger partial charge is 0.233 e. The minimum absolute atomic E-state index is 0. The monoisotopic (exact) mass is 413 g/mol. The van der Waals surface area contributed by atoms with E-state index < -0.39 is 15.8 Å². The van der Waals surface area contributed by atoms with Gasteiger partial charge >= 0.3 is 0 Å².